The van der Waals surface area contributed by atoms with Crippen LogP contribution in [0.2, 0.25) is 0 Å². The van der Waals surface area contributed by atoms with Crippen LogP contribution in [-0.2, 0) is 11.2 Å². The predicted molar refractivity (Wildman–Crippen MR) is 115 cm³/mol. The number of carbonyl (C=O) groups excluding carboxylic acids is 2. The molecule has 7 heteroatoms. The maximum Gasteiger partial charge on any atom is 0.224 e. The van der Waals surface area contributed by atoms with Crippen molar-refractivity contribution in [2.45, 2.75) is 25.8 Å². The Kier molecular flexibility index (Phi) is 5.63. The lowest BCUT2D eigenvalue weighted by Gasteiger charge is -2.23. The van der Waals surface area contributed by atoms with Crippen LogP contribution in [0.5, 0.6) is 0 Å². The van der Waals surface area contributed by atoms with Crippen LogP contribution in [0, 0.1) is 5.92 Å². The first-order chi connectivity index (χ1) is 14.6. The van der Waals surface area contributed by atoms with Gasteiger partial charge >= 0.3 is 0 Å². The van der Waals surface area contributed by atoms with Crippen LogP contribution in [0.15, 0.2) is 54.9 Å². The molecule has 4 rings (SSSR count). The summed E-state index contributed by atoms with van der Waals surface area (Å²) in [4.78, 5) is 33.1. The fraction of sp³-hybridized carbons (Fsp3) is 0.261. The van der Waals surface area contributed by atoms with Crippen molar-refractivity contribution in [1.82, 2.24) is 15.3 Å². The molecule has 1 amide bonds. The van der Waals surface area contributed by atoms with E-state index in [9.17, 15) is 14.7 Å². The Bertz CT molecular complexity index is 1050. The fourth-order valence-corrected chi connectivity index (χ4v) is 3.77. The summed E-state index contributed by atoms with van der Waals surface area (Å²) in [6.07, 6.45) is 3.97. The summed E-state index contributed by atoms with van der Waals surface area (Å²) in [6.45, 7) is 1.59. The summed E-state index contributed by atoms with van der Waals surface area (Å²) in [7, 11) is 0. The number of carbonyl (C=O) groups is 2. The highest BCUT2D eigenvalue weighted by Crippen LogP contribution is 2.39. The van der Waals surface area contributed by atoms with Gasteiger partial charge in [-0.3, -0.25) is 14.6 Å². The number of ketones is 1. The third kappa shape index (κ3) is 3.97. The number of fused-ring (bicyclic) bond motifs is 1. The summed E-state index contributed by atoms with van der Waals surface area (Å²) in [5.74, 6) is -0.760. The molecule has 30 heavy (non-hydrogen) atoms. The molecule has 2 aromatic heterocycles. The van der Waals surface area contributed by atoms with Gasteiger partial charge in [0.05, 0.1) is 29.5 Å². The molecular formula is C23H24N4O3. The van der Waals surface area contributed by atoms with E-state index in [1.807, 2.05) is 42.5 Å². The zero-order valence-corrected chi connectivity index (χ0v) is 16.7. The van der Waals surface area contributed by atoms with Crippen molar-refractivity contribution in [3.63, 3.8) is 0 Å². The van der Waals surface area contributed by atoms with Crippen LogP contribution < -0.4 is 10.6 Å². The molecule has 3 aromatic rings. The number of pyridine rings is 1. The topological polar surface area (TPSA) is 107 Å². The number of rotatable bonds is 6. The van der Waals surface area contributed by atoms with Gasteiger partial charge in [-0.25, -0.2) is 0 Å². The Morgan fingerprint density at radius 1 is 1.20 bits per heavy atom. The molecule has 0 bridgehead atoms. The molecule has 2 atom stereocenters. The van der Waals surface area contributed by atoms with Crippen LogP contribution in [-0.4, -0.2) is 39.4 Å². The lowest BCUT2D eigenvalue weighted by molar-refractivity contribution is -0.126. The molecule has 7 nitrogen and oxygen atoms in total. The van der Waals surface area contributed by atoms with Crippen LogP contribution in [0.4, 0.5) is 11.4 Å². The minimum absolute atomic E-state index is 0.0805. The van der Waals surface area contributed by atoms with E-state index in [1.165, 1.54) is 0 Å². The van der Waals surface area contributed by atoms with Crippen molar-refractivity contribution in [3.8, 4) is 11.3 Å². The number of aromatic amines is 1. The second-order valence-corrected chi connectivity index (χ2v) is 7.58. The number of para-hydroxylation sites is 1. The maximum atomic E-state index is 13.1. The van der Waals surface area contributed by atoms with Gasteiger partial charge in [0.1, 0.15) is 0 Å². The van der Waals surface area contributed by atoms with Gasteiger partial charge < -0.3 is 20.7 Å². The molecule has 1 unspecified atom stereocenters. The Hall–Kier alpha value is -3.45. The first-order valence-electron chi connectivity index (χ1n) is 9.98. The molecule has 1 aliphatic carbocycles. The van der Waals surface area contributed by atoms with Crippen molar-refractivity contribution in [3.05, 3.63) is 66.1 Å². The molecule has 0 saturated heterocycles. The van der Waals surface area contributed by atoms with E-state index in [4.69, 9.17) is 0 Å². The molecule has 4 N–H and O–H groups in total. The van der Waals surface area contributed by atoms with Crippen molar-refractivity contribution < 1.29 is 14.7 Å². The highest BCUT2D eigenvalue weighted by atomic mass is 16.3. The lowest BCUT2D eigenvalue weighted by atomic mass is 9.85. The molecular weight excluding hydrogens is 380 g/mol. The van der Waals surface area contributed by atoms with Crippen LogP contribution >= 0.6 is 0 Å². The number of anilines is 2. The molecule has 2 heterocycles. The molecule has 0 radical (unpaired) electrons. The Morgan fingerprint density at radius 2 is 1.93 bits per heavy atom. The highest BCUT2D eigenvalue weighted by Gasteiger charge is 2.35. The normalized spacial score (nSPS) is 16.6. The quantitative estimate of drug-likeness (QED) is 0.505. The second kappa shape index (κ2) is 8.51. The number of Topliss-reactive ketones (excluding diaryl/α,β-unsaturated/α-hetero) is 1. The number of H-pyrrole nitrogens is 1. The second-order valence-electron chi connectivity index (χ2n) is 7.58. The Balaban J connectivity index is 1.72. The standard InChI is InChI=1S/C23H24N4O3/c1-14(13-28)25-23(30)16-11-18-20(19(29)12-16)22(26-17-5-3-2-4-6-17)21(27-18)15-7-9-24-10-8-15/h2-10,14,16,26-28H,11-13H2,1H3,(H,25,30)/t14?,16-/m0/s1. The third-order valence-electron chi connectivity index (χ3n) is 5.28. The number of aromatic nitrogens is 2. The number of aliphatic hydroxyl groups is 1. The molecule has 1 aliphatic rings. The molecule has 1 aromatic carbocycles. The molecule has 0 aliphatic heterocycles. The van der Waals surface area contributed by atoms with Gasteiger partial charge in [-0.1, -0.05) is 18.2 Å². The fourth-order valence-electron chi connectivity index (χ4n) is 3.77. The first kappa shape index (κ1) is 19.8. The SMILES string of the molecule is CC(CO)NC(=O)[C@@H]1CC(=O)c2c([nH]c(-c3ccncc3)c2Nc2ccccc2)C1. The summed E-state index contributed by atoms with van der Waals surface area (Å²) >= 11 is 0. The smallest absolute Gasteiger partial charge is 0.224 e. The number of nitrogens with one attached hydrogen (secondary N) is 3. The number of amides is 1. The van der Waals surface area contributed by atoms with Gasteiger partial charge in [-0.15, -0.1) is 0 Å². The minimum Gasteiger partial charge on any atom is -0.394 e. The van der Waals surface area contributed by atoms with E-state index >= 15 is 0 Å². The predicted octanol–water partition coefficient (Wildman–Crippen LogP) is 3.06. The zero-order valence-electron chi connectivity index (χ0n) is 16.7. The number of aliphatic hydroxyl groups excluding tert-OH is 1. The summed E-state index contributed by atoms with van der Waals surface area (Å²) in [5, 5.41) is 15.4. The van der Waals surface area contributed by atoms with E-state index in [-0.39, 0.29) is 30.8 Å². The van der Waals surface area contributed by atoms with E-state index in [1.54, 1.807) is 19.3 Å². The largest absolute Gasteiger partial charge is 0.394 e. The molecule has 154 valence electrons. The lowest BCUT2D eigenvalue weighted by Crippen LogP contribution is -2.41. The van der Waals surface area contributed by atoms with Gasteiger partial charge in [0.15, 0.2) is 5.78 Å². The van der Waals surface area contributed by atoms with Crippen molar-refractivity contribution in [2.24, 2.45) is 5.92 Å². The van der Waals surface area contributed by atoms with E-state index in [0.717, 1.165) is 28.3 Å². The molecule has 0 spiro atoms. The minimum atomic E-state index is -0.465. The summed E-state index contributed by atoms with van der Waals surface area (Å²) in [6, 6.07) is 13.1. The maximum absolute atomic E-state index is 13.1. The number of benzene rings is 1. The van der Waals surface area contributed by atoms with E-state index < -0.39 is 5.92 Å². The molecule has 0 saturated carbocycles. The summed E-state index contributed by atoms with van der Waals surface area (Å²) in [5.41, 5.74) is 4.64. The van der Waals surface area contributed by atoms with Crippen molar-refractivity contribution in [1.29, 1.82) is 0 Å². The molecule has 0 fully saturated rings. The first-order valence-corrected chi connectivity index (χ1v) is 9.98. The third-order valence-corrected chi connectivity index (χ3v) is 5.28. The highest BCUT2D eigenvalue weighted by molar-refractivity contribution is 6.09. The van der Waals surface area contributed by atoms with Crippen LogP contribution in [0.25, 0.3) is 11.3 Å². The van der Waals surface area contributed by atoms with Crippen molar-refractivity contribution >= 4 is 23.1 Å². The Labute approximate surface area is 174 Å². The van der Waals surface area contributed by atoms with Gasteiger partial charge in [0.2, 0.25) is 5.91 Å². The Morgan fingerprint density at radius 3 is 2.63 bits per heavy atom. The average Bonchev–Trinajstić information content (AvgIpc) is 3.13. The van der Waals surface area contributed by atoms with Crippen molar-refractivity contribution in [2.75, 3.05) is 11.9 Å². The number of hydrogen-bond donors (Lipinski definition) is 4. The van der Waals surface area contributed by atoms with E-state index in [2.05, 4.69) is 20.6 Å². The number of nitrogens with zero attached hydrogens (tertiary/aromatic N) is 1. The van der Waals surface area contributed by atoms with E-state index in [0.29, 0.717) is 12.0 Å². The number of hydrogen-bond acceptors (Lipinski definition) is 5. The van der Waals surface area contributed by atoms with Crippen LogP contribution in [0.3, 0.4) is 0 Å². The van der Waals surface area contributed by atoms with Gasteiger partial charge in [0.25, 0.3) is 0 Å². The summed E-state index contributed by atoms with van der Waals surface area (Å²) < 4.78 is 0. The van der Waals surface area contributed by atoms with Gasteiger partial charge in [-0.05, 0) is 31.2 Å². The van der Waals surface area contributed by atoms with Gasteiger partial charge in [0, 0.05) is 48.2 Å². The average molecular weight is 404 g/mol. The van der Waals surface area contributed by atoms with Gasteiger partial charge in [-0.2, -0.15) is 0 Å². The monoisotopic (exact) mass is 404 g/mol. The zero-order chi connectivity index (χ0) is 21.1. The van der Waals surface area contributed by atoms with Crippen LogP contribution in [0.1, 0.15) is 29.4 Å².